The summed E-state index contributed by atoms with van der Waals surface area (Å²) in [5, 5.41) is 11.6. The highest BCUT2D eigenvalue weighted by Gasteiger charge is 2.22. The molecule has 196 valence electrons. The number of ketones is 1. The second kappa shape index (κ2) is 10.9. The summed E-state index contributed by atoms with van der Waals surface area (Å²) in [7, 11) is 0. The van der Waals surface area contributed by atoms with E-state index in [0.29, 0.717) is 46.5 Å². The van der Waals surface area contributed by atoms with Crippen molar-refractivity contribution in [2.45, 2.75) is 46.8 Å². The second-order valence-electron chi connectivity index (χ2n) is 10.2. The van der Waals surface area contributed by atoms with E-state index in [9.17, 15) is 14.7 Å². The van der Waals surface area contributed by atoms with Gasteiger partial charge in [0.15, 0.2) is 11.7 Å². The van der Waals surface area contributed by atoms with Crippen LogP contribution in [0.5, 0.6) is 5.88 Å². The molecule has 0 spiro atoms. The Morgan fingerprint density at radius 1 is 0.974 bits per heavy atom. The van der Waals surface area contributed by atoms with Crippen LogP contribution in [0.15, 0.2) is 77.8 Å². The van der Waals surface area contributed by atoms with Gasteiger partial charge in [-0.05, 0) is 70.5 Å². The molecule has 38 heavy (non-hydrogen) atoms. The average molecular weight is 512 g/mol. The van der Waals surface area contributed by atoms with E-state index in [1.807, 2.05) is 82.3 Å². The first kappa shape index (κ1) is 26.7. The lowest BCUT2D eigenvalue weighted by atomic mass is 9.99. The van der Waals surface area contributed by atoms with Crippen molar-refractivity contribution in [2.75, 3.05) is 6.54 Å². The minimum atomic E-state index is -0.559. The first-order valence-electron chi connectivity index (χ1n) is 12.6. The van der Waals surface area contributed by atoms with Crippen molar-refractivity contribution in [3.8, 4) is 5.88 Å². The van der Waals surface area contributed by atoms with Crippen LogP contribution in [0.4, 0.5) is 10.5 Å². The van der Waals surface area contributed by atoms with E-state index in [2.05, 4.69) is 4.98 Å². The van der Waals surface area contributed by atoms with E-state index in [1.54, 1.807) is 23.1 Å². The summed E-state index contributed by atoms with van der Waals surface area (Å²) in [6.07, 6.45) is -0.354. The molecular weight excluding hydrogens is 478 g/mol. The largest absolute Gasteiger partial charge is 0.494 e. The molecule has 1 amide bonds. The smallest absolute Gasteiger partial charge is 0.410 e. The minimum Gasteiger partial charge on any atom is -0.494 e. The highest BCUT2D eigenvalue weighted by Crippen LogP contribution is 2.32. The van der Waals surface area contributed by atoms with E-state index in [4.69, 9.17) is 9.73 Å². The van der Waals surface area contributed by atoms with Crippen LogP contribution in [0.3, 0.4) is 0 Å². The van der Waals surface area contributed by atoms with Crippen molar-refractivity contribution < 1.29 is 19.4 Å². The molecule has 0 radical (unpaired) electrons. The van der Waals surface area contributed by atoms with Gasteiger partial charge in [-0.15, -0.1) is 0 Å². The molecule has 0 aliphatic rings. The highest BCUT2D eigenvalue weighted by molar-refractivity contribution is 6.22. The number of rotatable bonds is 7. The number of hydrogen-bond acceptors (Lipinski definition) is 5. The van der Waals surface area contributed by atoms with Gasteiger partial charge in [0.2, 0.25) is 0 Å². The highest BCUT2D eigenvalue weighted by atomic mass is 16.6. The monoisotopic (exact) mass is 511 g/mol. The summed E-state index contributed by atoms with van der Waals surface area (Å²) in [5.41, 5.74) is 4.26. The van der Waals surface area contributed by atoms with Crippen LogP contribution in [0, 0.1) is 0 Å². The maximum Gasteiger partial charge on any atom is 0.410 e. The first-order chi connectivity index (χ1) is 18.1. The number of amides is 1. The summed E-state index contributed by atoms with van der Waals surface area (Å²) < 4.78 is 5.52. The number of nitrogens with one attached hydrogen (secondary N) is 1. The van der Waals surface area contributed by atoms with Crippen molar-refractivity contribution in [3.63, 3.8) is 0 Å². The number of carbonyl (C=O) groups excluding carboxylic acids is 2. The number of nitrogens with zero attached hydrogens (tertiary/aromatic N) is 2. The number of carbonyl (C=O) groups is 2. The number of fused-ring (bicyclic) bond motifs is 1. The molecule has 0 saturated heterocycles. The maximum absolute atomic E-state index is 12.5. The number of benzene rings is 3. The standard InChI is InChI=1S/C31H33N3O4/c1-6-34(30(37)38-31(3,4)5)19-21-12-15-24(16-13-21)32-28(22-10-8-7-9-11-22)27-25-18-23(20(2)35)14-17-26(25)33-29(27)36/h7-18,33,36H,6,19H2,1-5H3. The molecule has 1 aromatic heterocycles. The van der Waals surface area contributed by atoms with Gasteiger partial charge >= 0.3 is 6.09 Å². The van der Waals surface area contributed by atoms with Crippen LogP contribution in [0.25, 0.3) is 10.9 Å². The first-order valence-corrected chi connectivity index (χ1v) is 12.6. The third-order valence-electron chi connectivity index (χ3n) is 6.05. The van der Waals surface area contributed by atoms with Crippen LogP contribution in [0.2, 0.25) is 0 Å². The number of aliphatic imine (C=N–C) groups is 1. The Kier molecular flexibility index (Phi) is 7.67. The summed E-state index contributed by atoms with van der Waals surface area (Å²) in [6.45, 7) is 9.92. The molecule has 0 saturated carbocycles. The molecule has 1 heterocycles. The molecule has 0 aliphatic carbocycles. The van der Waals surface area contributed by atoms with Crippen molar-refractivity contribution in [3.05, 3.63) is 95.1 Å². The van der Waals surface area contributed by atoms with E-state index in [1.165, 1.54) is 6.92 Å². The number of aromatic nitrogens is 1. The zero-order valence-corrected chi connectivity index (χ0v) is 22.4. The van der Waals surface area contributed by atoms with E-state index >= 15 is 0 Å². The third-order valence-corrected chi connectivity index (χ3v) is 6.05. The van der Waals surface area contributed by atoms with Gasteiger partial charge in [-0.3, -0.25) is 4.79 Å². The summed E-state index contributed by atoms with van der Waals surface area (Å²) in [5.74, 6) is -0.0734. The molecule has 0 unspecified atom stereocenters. The lowest BCUT2D eigenvalue weighted by molar-refractivity contribution is 0.0244. The predicted molar refractivity (Wildman–Crippen MR) is 150 cm³/mol. The maximum atomic E-state index is 12.5. The van der Waals surface area contributed by atoms with Crippen LogP contribution < -0.4 is 0 Å². The van der Waals surface area contributed by atoms with Crippen molar-refractivity contribution in [1.29, 1.82) is 0 Å². The number of H-pyrrole nitrogens is 1. The number of ether oxygens (including phenoxy) is 1. The lowest BCUT2D eigenvalue weighted by Gasteiger charge is -2.26. The SMILES string of the molecule is CCN(Cc1ccc(N=C(c2ccccc2)c2c(O)[nH]c3ccc(C(C)=O)cc23)cc1)C(=O)OC(C)(C)C. The van der Waals surface area contributed by atoms with Crippen LogP contribution in [-0.4, -0.2) is 44.7 Å². The second-order valence-corrected chi connectivity index (χ2v) is 10.2. The Balaban J connectivity index is 1.72. The fourth-order valence-electron chi connectivity index (χ4n) is 4.15. The van der Waals surface area contributed by atoms with Gasteiger partial charge in [-0.1, -0.05) is 42.5 Å². The summed E-state index contributed by atoms with van der Waals surface area (Å²) in [6, 6.07) is 22.5. The molecule has 7 heteroatoms. The summed E-state index contributed by atoms with van der Waals surface area (Å²) in [4.78, 5) is 34.2. The normalized spacial score (nSPS) is 12.0. The molecular formula is C31H33N3O4. The molecule has 0 atom stereocenters. The Labute approximate surface area is 222 Å². The van der Waals surface area contributed by atoms with Crippen LogP contribution in [0.1, 0.15) is 61.7 Å². The lowest BCUT2D eigenvalue weighted by Crippen LogP contribution is -2.36. The molecule has 0 aliphatic heterocycles. The Morgan fingerprint density at radius 2 is 1.66 bits per heavy atom. The minimum absolute atomic E-state index is 0.0177. The Morgan fingerprint density at radius 3 is 2.26 bits per heavy atom. The number of hydrogen-bond donors (Lipinski definition) is 2. The molecule has 0 fully saturated rings. The molecule has 0 bridgehead atoms. The van der Waals surface area contributed by atoms with E-state index in [0.717, 1.165) is 11.1 Å². The summed E-state index contributed by atoms with van der Waals surface area (Å²) >= 11 is 0. The third kappa shape index (κ3) is 6.11. The van der Waals surface area contributed by atoms with Gasteiger partial charge in [-0.2, -0.15) is 0 Å². The molecule has 2 N–H and O–H groups in total. The van der Waals surface area contributed by atoms with Crippen molar-refractivity contribution >= 4 is 34.2 Å². The van der Waals surface area contributed by atoms with Crippen LogP contribution in [-0.2, 0) is 11.3 Å². The van der Waals surface area contributed by atoms with Gasteiger partial charge in [0.1, 0.15) is 5.60 Å². The van der Waals surface area contributed by atoms with Crippen LogP contribution >= 0.6 is 0 Å². The van der Waals surface area contributed by atoms with Crippen molar-refractivity contribution in [1.82, 2.24) is 9.88 Å². The molecule has 4 rings (SSSR count). The molecule has 7 nitrogen and oxygen atoms in total. The molecule has 4 aromatic rings. The Bertz CT molecular complexity index is 1480. The number of Topliss-reactive ketones (excluding diaryl/α,β-unsaturated/α-hetero) is 1. The quantitative estimate of drug-likeness (QED) is 0.206. The number of aromatic amines is 1. The van der Waals surface area contributed by atoms with Gasteiger partial charge in [0, 0.05) is 35.1 Å². The zero-order valence-electron chi connectivity index (χ0n) is 22.4. The Hall–Kier alpha value is -4.39. The van der Waals surface area contributed by atoms with Gasteiger partial charge in [0.05, 0.1) is 17.0 Å². The topological polar surface area (TPSA) is 95.0 Å². The zero-order chi connectivity index (χ0) is 27.4. The van der Waals surface area contributed by atoms with Gasteiger partial charge < -0.3 is 19.7 Å². The fourth-order valence-corrected chi connectivity index (χ4v) is 4.15. The number of aromatic hydroxyl groups is 1. The van der Waals surface area contributed by atoms with E-state index < -0.39 is 5.60 Å². The van der Waals surface area contributed by atoms with E-state index in [-0.39, 0.29) is 17.8 Å². The van der Waals surface area contributed by atoms with Gasteiger partial charge in [0.25, 0.3) is 0 Å². The average Bonchev–Trinajstić information content (AvgIpc) is 3.20. The van der Waals surface area contributed by atoms with Gasteiger partial charge in [-0.25, -0.2) is 9.79 Å². The predicted octanol–water partition coefficient (Wildman–Crippen LogP) is 7.00. The molecule has 3 aromatic carbocycles. The van der Waals surface area contributed by atoms with Crippen molar-refractivity contribution in [2.24, 2.45) is 4.99 Å². The fraction of sp³-hybridized carbons (Fsp3) is 0.258.